The van der Waals surface area contributed by atoms with E-state index in [1.54, 1.807) is 0 Å². The minimum Gasteiger partial charge on any atom is -0.462 e. The summed E-state index contributed by atoms with van der Waals surface area (Å²) in [6.07, 6.45) is 66.8. The molecule has 0 amide bonds. The molecule has 0 aliphatic rings. The second-order valence-corrected chi connectivity index (χ2v) is 21.6. The number of ether oxygens (including phenoxy) is 3. The van der Waals surface area contributed by atoms with Crippen LogP contribution in [-0.4, -0.2) is 66.5 Å². The third kappa shape index (κ3) is 55.4. The third-order valence-corrected chi connectivity index (χ3v) is 13.7. The Labute approximate surface area is 464 Å². The summed E-state index contributed by atoms with van der Waals surface area (Å²) in [5, 5.41) is 9.81. The predicted molar refractivity (Wildman–Crippen MR) is 316 cm³/mol. The van der Waals surface area contributed by atoms with Crippen LogP contribution in [0.15, 0.2) is 85.1 Å². The topological polar surface area (TPSA) is 155 Å². The van der Waals surface area contributed by atoms with Gasteiger partial charge in [-0.3, -0.25) is 23.4 Å². The minimum absolute atomic E-state index is 0.138. The fourth-order valence-electron chi connectivity index (χ4n) is 8.14. The Morgan fingerprint density at radius 2 is 0.684 bits per heavy atom. The normalized spacial score (nSPS) is 13.9. The summed E-state index contributed by atoms with van der Waals surface area (Å²) < 4.78 is 39.6. The number of allylic oxidation sites excluding steroid dienone is 14. The van der Waals surface area contributed by atoms with Gasteiger partial charge in [-0.15, -0.1) is 0 Å². The first-order valence-electron chi connectivity index (χ1n) is 30.5. The number of rotatable bonds is 56. The second kappa shape index (κ2) is 57.8. The fourth-order valence-corrected chi connectivity index (χ4v) is 8.92. The van der Waals surface area contributed by atoms with Crippen LogP contribution in [0.25, 0.3) is 0 Å². The molecule has 0 radical (unpaired) electrons. The van der Waals surface area contributed by atoms with Crippen LogP contribution >= 0.6 is 7.82 Å². The SMILES string of the molecule is CC/C=C\C/C=C\C/C=C\CCCCCC(=O)OC(CO)COP(=O)(O)OCC(COC(=O)CCCCCCCCC/C=C\CCCCCCCC)OC(=O)CCCCCCCC/C=C\C/C=C\C/C=C\CCCCC. The quantitative estimate of drug-likeness (QED) is 0.0197. The molecule has 0 saturated heterocycles. The molecular weight excluding hydrogens is 976 g/mol. The Bertz CT molecular complexity index is 1600. The van der Waals surface area contributed by atoms with E-state index in [0.29, 0.717) is 19.3 Å². The molecule has 3 atom stereocenters. The van der Waals surface area contributed by atoms with Crippen molar-refractivity contribution < 1.29 is 52.2 Å². The molecule has 0 saturated carbocycles. The first-order chi connectivity index (χ1) is 37.2. The average molecular weight is 1090 g/mol. The number of hydrogen-bond acceptors (Lipinski definition) is 10. The summed E-state index contributed by atoms with van der Waals surface area (Å²) in [6, 6.07) is 0. The number of phosphoric ester groups is 1. The molecule has 0 aromatic rings. The van der Waals surface area contributed by atoms with Crippen molar-refractivity contribution in [1.82, 2.24) is 0 Å². The number of unbranched alkanes of at least 4 members (excludes halogenated alkanes) is 25. The molecule has 2 N–H and O–H groups in total. The van der Waals surface area contributed by atoms with Gasteiger partial charge in [0, 0.05) is 19.3 Å². The molecule has 0 spiro atoms. The van der Waals surface area contributed by atoms with Crippen molar-refractivity contribution in [3.05, 3.63) is 85.1 Å². The van der Waals surface area contributed by atoms with E-state index in [-0.39, 0.29) is 25.9 Å². The van der Waals surface area contributed by atoms with Crippen LogP contribution in [0, 0.1) is 0 Å². The summed E-state index contributed by atoms with van der Waals surface area (Å²) in [6.45, 7) is 4.46. The van der Waals surface area contributed by atoms with E-state index in [0.717, 1.165) is 116 Å². The van der Waals surface area contributed by atoms with Gasteiger partial charge < -0.3 is 24.2 Å². The highest BCUT2D eigenvalue weighted by molar-refractivity contribution is 7.47. The van der Waals surface area contributed by atoms with E-state index in [4.69, 9.17) is 23.3 Å². The summed E-state index contributed by atoms with van der Waals surface area (Å²) in [5.41, 5.74) is 0. The third-order valence-electron chi connectivity index (χ3n) is 12.8. The molecule has 12 heteroatoms. The lowest BCUT2D eigenvalue weighted by Gasteiger charge is -2.21. The van der Waals surface area contributed by atoms with Crippen molar-refractivity contribution >= 4 is 25.7 Å². The van der Waals surface area contributed by atoms with Gasteiger partial charge in [0.05, 0.1) is 19.8 Å². The zero-order chi connectivity index (χ0) is 55.5. The second-order valence-electron chi connectivity index (χ2n) is 20.1. The molecular formula is C64H111O11P. The van der Waals surface area contributed by atoms with Crippen molar-refractivity contribution in [3.63, 3.8) is 0 Å². The van der Waals surface area contributed by atoms with E-state index in [2.05, 4.69) is 106 Å². The van der Waals surface area contributed by atoms with Gasteiger partial charge in [0.2, 0.25) is 0 Å². The van der Waals surface area contributed by atoms with Crippen LogP contribution in [0.1, 0.15) is 265 Å². The molecule has 0 heterocycles. The molecule has 0 aliphatic carbocycles. The smallest absolute Gasteiger partial charge is 0.462 e. The van der Waals surface area contributed by atoms with Crippen LogP contribution in [0.2, 0.25) is 0 Å². The van der Waals surface area contributed by atoms with Crippen LogP contribution in [0.4, 0.5) is 0 Å². The summed E-state index contributed by atoms with van der Waals surface area (Å²) >= 11 is 0. The van der Waals surface area contributed by atoms with Gasteiger partial charge in [0.1, 0.15) is 12.7 Å². The van der Waals surface area contributed by atoms with E-state index >= 15 is 0 Å². The van der Waals surface area contributed by atoms with Crippen LogP contribution in [-0.2, 0) is 42.2 Å². The maximum absolute atomic E-state index is 12.9. The minimum atomic E-state index is -4.77. The fraction of sp³-hybridized carbons (Fsp3) is 0.734. The maximum Gasteiger partial charge on any atom is 0.472 e. The Balaban J connectivity index is 4.77. The summed E-state index contributed by atoms with van der Waals surface area (Å²) in [5.74, 6) is -1.51. The van der Waals surface area contributed by atoms with E-state index in [9.17, 15) is 28.9 Å². The van der Waals surface area contributed by atoms with Crippen molar-refractivity contribution in [3.8, 4) is 0 Å². The Morgan fingerprint density at radius 3 is 1.11 bits per heavy atom. The highest BCUT2D eigenvalue weighted by Crippen LogP contribution is 2.43. The average Bonchev–Trinajstić information content (AvgIpc) is 3.41. The molecule has 76 heavy (non-hydrogen) atoms. The molecule has 11 nitrogen and oxygen atoms in total. The monoisotopic (exact) mass is 1090 g/mol. The zero-order valence-electron chi connectivity index (χ0n) is 48.5. The van der Waals surface area contributed by atoms with Crippen molar-refractivity contribution in [1.29, 1.82) is 0 Å². The number of carbonyl (C=O) groups is 3. The number of hydrogen-bond donors (Lipinski definition) is 2. The van der Waals surface area contributed by atoms with Gasteiger partial charge in [-0.2, -0.15) is 0 Å². The lowest BCUT2D eigenvalue weighted by Crippen LogP contribution is -2.30. The van der Waals surface area contributed by atoms with Gasteiger partial charge in [-0.25, -0.2) is 4.57 Å². The highest BCUT2D eigenvalue weighted by atomic mass is 31.2. The van der Waals surface area contributed by atoms with Crippen LogP contribution in [0.3, 0.4) is 0 Å². The number of carbonyl (C=O) groups excluding carboxylic acids is 3. The highest BCUT2D eigenvalue weighted by Gasteiger charge is 2.28. The summed E-state index contributed by atoms with van der Waals surface area (Å²) in [7, 11) is -4.77. The van der Waals surface area contributed by atoms with Gasteiger partial charge in [0.25, 0.3) is 0 Å². The molecule has 0 aromatic heterocycles. The molecule has 3 unspecified atom stereocenters. The molecule has 0 aromatic carbocycles. The molecule has 0 fully saturated rings. The van der Waals surface area contributed by atoms with Crippen molar-refractivity contribution in [2.45, 2.75) is 277 Å². The predicted octanol–water partition coefficient (Wildman–Crippen LogP) is 18.3. The van der Waals surface area contributed by atoms with Gasteiger partial charge in [-0.1, -0.05) is 215 Å². The zero-order valence-corrected chi connectivity index (χ0v) is 49.3. The largest absolute Gasteiger partial charge is 0.472 e. The molecule has 0 bridgehead atoms. The number of esters is 3. The van der Waals surface area contributed by atoms with E-state index in [1.807, 2.05) is 0 Å². The summed E-state index contributed by atoms with van der Waals surface area (Å²) in [4.78, 5) is 48.6. The lowest BCUT2D eigenvalue weighted by molar-refractivity contribution is -0.161. The van der Waals surface area contributed by atoms with Crippen molar-refractivity contribution in [2.24, 2.45) is 0 Å². The van der Waals surface area contributed by atoms with E-state index < -0.39 is 57.8 Å². The number of aliphatic hydroxyl groups excluding tert-OH is 1. The van der Waals surface area contributed by atoms with Gasteiger partial charge in [0.15, 0.2) is 6.10 Å². The number of phosphoric acid groups is 1. The number of aliphatic hydroxyl groups is 1. The Morgan fingerprint density at radius 1 is 0.382 bits per heavy atom. The van der Waals surface area contributed by atoms with Crippen molar-refractivity contribution in [2.75, 3.05) is 26.4 Å². The lowest BCUT2D eigenvalue weighted by atomic mass is 10.1. The molecule has 0 rings (SSSR count). The first kappa shape index (κ1) is 72.7. The maximum atomic E-state index is 12.9. The van der Waals surface area contributed by atoms with E-state index in [1.165, 1.54) is 89.9 Å². The standard InChI is InChI=1S/C64H111O11P/c1-4-7-10-13-16-19-22-25-27-29-30-32-34-37-40-43-46-49-52-55-64(68)75-61(57-71-62(66)53-50-47-44-41-38-36-33-31-28-26-23-20-17-14-11-8-5-2)59-73-76(69,70)72-58-60(56-65)74-63(67)54-51-48-45-42-39-35-24-21-18-15-12-9-6-3/h9,12,16,18-19,21,25-28,30,32,35,39,60-61,65H,4-8,10-11,13-15,17,20,22-24,29,31,33-34,36-38,40-59H2,1-3H3,(H,69,70)/b12-9-,19-16-,21-18-,27-25-,28-26-,32-30-,39-35-. The van der Waals surface area contributed by atoms with Gasteiger partial charge in [-0.05, 0) is 116 Å². The Kier molecular flexibility index (Phi) is 55.3. The first-order valence-corrected chi connectivity index (χ1v) is 32.0. The molecule has 438 valence electrons. The van der Waals surface area contributed by atoms with Crippen LogP contribution < -0.4 is 0 Å². The Hall–Kier alpha value is -3.34. The molecule has 0 aliphatic heterocycles. The van der Waals surface area contributed by atoms with Gasteiger partial charge >= 0.3 is 25.7 Å². The van der Waals surface area contributed by atoms with Crippen LogP contribution in [0.5, 0.6) is 0 Å².